The lowest BCUT2D eigenvalue weighted by atomic mass is 10.0. The summed E-state index contributed by atoms with van der Waals surface area (Å²) in [6.45, 7) is 5.76. The van der Waals surface area contributed by atoms with E-state index in [1.165, 1.54) is 0 Å². The van der Waals surface area contributed by atoms with Gasteiger partial charge in [-0.15, -0.1) is 0 Å². The van der Waals surface area contributed by atoms with Crippen LogP contribution in [-0.4, -0.2) is 48.8 Å². The molecule has 116 valence electrons. The lowest BCUT2D eigenvalue weighted by Gasteiger charge is -2.17. The maximum Gasteiger partial charge on any atom is 0.238 e. The Morgan fingerprint density at radius 1 is 1.57 bits per heavy atom. The van der Waals surface area contributed by atoms with Crippen LogP contribution >= 0.6 is 0 Å². The van der Waals surface area contributed by atoms with Crippen LogP contribution in [0.5, 0.6) is 5.75 Å². The van der Waals surface area contributed by atoms with Gasteiger partial charge in [0.2, 0.25) is 5.91 Å². The van der Waals surface area contributed by atoms with E-state index in [-0.39, 0.29) is 17.9 Å². The average molecular weight is 292 g/mol. The zero-order valence-corrected chi connectivity index (χ0v) is 12.9. The first-order chi connectivity index (χ1) is 9.99. The van der Waals surface area contributed by atoms with Crippen LogP contribution in [0.15, 0.2) is 18.2 Å². The van der Waals surface area contributed by atoms with Gasteiger partial charge in [-0.2, -0.15) is 0 Å². The second-order valence-corrected chi connectivity index (χ2v) is 5.78. The van der Waals surface area contributed by atoms with Gasteiger partial charge in [-0.25, -0.2) is 0 Å². The third-order valence-electron chi connectivity index (χ3n) is 3.99. The number of ether oxygens (including phenoxy) is 1. The predicted octanol–water partition coefficient (Wildman–Crippen LogP) is 1.64. The van der Waals surface area contributed by atoms with Crippen molar-refractivity contribution in [3.05, 3.63) is 23.8 Å². The van der Waals surface area contributed by atoms with Crippen molar-refractivity contribution in [2.45, 2.75) is 26.4 Å². The minimum absolute atomic E-state index is 0.0508. The highest BCUT2D eigenvalue weighted by molar-refractivity contribution is 5.93. The SMILES string of the molecule is COc1ccc(C)cc1NC(=O)CN1CCC(C(C)O)C1. The quantitative estimate of drug-likeness (QED) is 0.866. The molecule has 0 radical (unpaired) electrons. The summed E-state index contributed by atoms with van der Waals surface area (Å²) in [6.07, 6.45) is 0.633. The highest BCUT2D eigenvalue weighted by atomic mass is 16.5. The van der Waals surface area contributed by atoms with Crippen molar-refractivity contribution >= 4 is 11.6 Å². The predicted molar refractivity (Wildman–Crippen MR) is 82.6 cm³/mol. The molecule has 1 aliphatic rings. The smallest absolute Gasteiger partial charge is 0.238 e. The highest BCUT2D eigenvalue weighted by Gasteiger charge is 2.27. The molecule has 0 saturated carbocycles. The van der Waals surface area contributed by atoms with E-state index in [0.717, 1.165) is 25.1 Å². The van der Waals surface area contributed by atoms with Crippen molar-refractivity contribution < 1.29 is 14.6 Å². The Hall–Kier alpha value is -1.59. The van der Waals surface area contributed by atoms with Gasteiger partial charge in [-0.3, -0.25) is 9.69 Å². The molecule has 2 N–H and O–H groups in total. The molecule has 2 atom stereocenters. The zero-order chi connectivity index (χ0) is 15.4. The molecule has 5 nitrogen and oxygen atoms in total. The van der Waals surface area contributed by atoms with Gasteiger partial charge in [-0.05, 0) is 50.4 Å². The summed E-state index contributed by atoms with van der Waals surface area (Å²) in [5.74, 6) is 0.883. The molecule has 1 heterocycles. The average Bonchev–Trinajstić information content (AvgIpc) is 2.87. The van der Waals surface area contributed by atoms with Crippen LogP contribution in [0, 0.1) is 12.8 Å². The van der Waals surface area contributed by atoms with Gasteiger partial charge in [0.25, 0.3) is 0 Å². The topological polar surface area (TPSA) is 61.8 Å². The fourth-order valence-electron chi connectivity index (χ4n) is 2.71. The first-order valence-electron chi connectivity index (χ1n) is 7.34. The highest BCUT2D eigenvalue weighted by Crippen LogP contribution is 2.25. The van der Waals surface area contributed by atoms with Crippen molar-refractivity contribution in [3.63, 3.8) is 0 Å². The molecule has 2 rings (SSSR count). The molecule has 1 aromatic carbocycles. The van der Waals surface area contributed by atoms with Crippen LogP contribution in [0.4, 0.5) is 5.69 Å². The summed E-state index contributed by atoms with van der Waals surface area (Å²) in [5, 5.41) is 12.5. The standard InChI is InChI=1S/C16H24N2O3/c1-11-4-5-15(21-3)14(8-11)17-16(20)10-18-7-6-13(9-18)12(2)19/h4-5,8,12-13,19H,6-7,9-10H2,1-3H3,(H,17,20). The lowest BCUT2D eigenvalue weighted by molar-refractivity contribution is -0.117. The molecule has 1 fully saturated rings. The van der Waals surface area contributed by atoms with E-state index in [9.17, 15) is 9.90 Å². The Balaban J connectivity index is 1.92. The van der Waals surface area contributed by atoms with Crippen molar-refractivity contribution in [1.82, 2.24) is 4.90 Å². The summed E-state index contributed by atoms with van der Waals surface area (Å²) in [5.41, 5.74) is 1.77. The maximum absolute atomic E-state index is 12.2. The number of methoxy groups -OCH3 is 1. The molecular formula is C16H24N2O3. The van der Waals surface area contributed by atoms with E-state index >= 15 is 0 Å². The monoisotopic (exact) mass is 292 g/mol. The van der Waals surface area contributed by atoms with E-state index < -0.39 is 0 Å². The van der Waals surface area contributed by atoms with Crippen LogP contribution in [0.1, 0.15) is 18.9 Å². The summed E-state index contributed by atoms with van der Waals surface area (Å²) in [4.78, 5) is 14.2. The van der Waals surface area contributed by atoms with Gasteiger partial charge in [0, 0.05) is 6.54 Å². The Morgan fingerprint density at radius 2 is 2.33 bits per heavy atom. The number of amides is 1. The van der Waals surface area contributed by atoms with E-state index in [2.05, 4.69) is 10.2 Å². The molecule has 1 aliphatic heterocycles. The van der Waals surface area contributed by atoms with Crippen molar-refractivity contribution in [1.29, 1.82) is 0 Å². The van der Waals surface area contributed by atoms with Gasteiger partial charge < -0.3 is 15.2 Å². The Labute approximate surface area is 125 Å². The second-order valence-electron chi connectivity index (χ2n) is 5.78. The molecule has 0 aromatic heterocycles. The molecule has 0 bridgehead atoms. The Morgan fingerprint density at radius 3 is 2.95 bits per heavy atom. The van der Waals surface area contributed by atoms with E-state index in [1.807, 2.05) is 32.0 Å². The van der Waals surface area contributed by atoms with Crippen molar-refractivity contribution in [2.24, 2.45) is 5.92 Å². The molecular weight excluding hydrogens is 268 g/mol. The number of aliphatic hydroxyl groups excluding tert-OH is 1. The largest absolute Gasteiger partial charge is 0.495 e. The second kappa shape index (κ2) is 6.91. The molecule has 1 aromatic rings. The van der Waals surface area contributed by atoms with Gasteiger partial charge >= 0.3 is 0 Å². The third kappa shape index (κ3) is 4.19. The normalized spacial score (nSPS) is 20.3. The molecule has 21 heavy (non-hydrogen) atoms. The first kappa shape index (κ1) is 15.8. The summed E-state index contributed by atoms with van der Waals surface area (Å²) in [7, 11) is 1.59. The van der Waals surface area contributed by atoms with Crippen molar-refractivity contribution in [3.8, 4) is 5.75 Å². The minimum atomic E-state index is -0.310. The molecule has 0 aliphatic carbocycles. The van der Waals surface area contributed by atoms with E-state index in [4.69, 9.17) is 4.74 Å². The number of likely N-dealkylation sites (tertiary alicyclic amines) is 1. The number of hydrogen-bond acceptors (Lipinski definition) is 4. The maximum atomic E-state index is 12.2. The fourth-order valence-corrected chi connectivity index (χ4v) is 2.71. The number of benzene rings is 1. The summed E-state index contributed by atoms with van der Waals surface area (Å²) < 4.78 is 5.26. The fraction of sp³-hybridized carbons (Fsp3) is 0.562. The Bertz CT molecular complexity index is 502. The number of nitrogens with zero attached hydrogens (tertiary/aromatic N) is 1. The zero-order valence-electron chi connectivity index (χ0n) is 12.9. The Kier molecular flexibility index (Phi) is 5.20. The number of aliphatic hydroxyl groups is 1. The molecule has 0 spiro atoms. The third-order valence-corrected chi connectivity index (χ3v) is 3.99. The minimum Gasteiger partial charge on any atom is -0.495 e. The summed E-state index contributed by atoms with van der Waals surface area (Å²) in [6, 6.07) is 5.70. The number of nitrogens with one attached hydrogen (secondary N) is 1. The van der Waals surface area contributed by atoms with Gasteiger partial charge in [-0.1, -0.05) is 6.07 Å². The van der Waals surface area contributed by atoms with Gasteiger partial charge in [0.1, 0.15) is 5.75 Å². The number of rotatable bonds is 5. The van der Waals surface area contributed by atoms with Gasteiger partial charge in [0.05, 0.1) is 25.4 Å². The van der Waals surface area contributed by atoms with Crippen LogP contribution in [0.3, 0.4) is 0 Å². The van der Waals surface area contributed by atoms with Crippen LogP contribution in [0.25, 0.3) is 0 Å². The van der Waals surface area contributed by atoms with Crippen LogP contribution in [0.2, 0.25) is 0 Å². The van der Waals surface area contributed by atoms with Crippen LogP contribution < -0.4 is 10.1 Å². The number of aryl methyl sites for hydroxylation is 1. The van der Waals surface area contributed by atoms with E-state index in [1.54, 1.807) is 7.11 Å². The molecule has 5 heteroatoms. The molecule has 1 saturated heterocycles. The number of hydrogen-bond donors (Lipinski definition) is 2. The van der Waals surface area contributed by atoms with Gasteiger partial charge in [0.15, 0.2) is 0 Å². The first-order valence-corrected chi connectivity index (χ1v) is 7.34. The van der Waals surface area contributed by atoms with Crippen LogP contribution in [-0.2, 0) is 4.79 Å². The van der Waals surface area contributed by atoms with E-state index in [0.29, 0.717) is 18.0 Å². The lowest BCUT2D eigenvalue weighted by Crippen LogP contribution is -2.32. The number of anilines is 1. The number of carbonyl (C=O) groups is 1. The molecule has 2 unspecified atom stereocenters. The summed E-state index contributed by atoms with van der Waals surface area (Å²) >= 11 is 0. The molecule has 1 amide bonds. The number of carbonyl (C=O) groups excluding carboxylic acids is 1. The van der Waals surface area contributed by atoms with Crippen molar-refractivity contribution in [2.75, 3.05) is 32.1 Å².